The van der Waals surface area contributed by atoms with Crippen molar-refractivity contribution in [3.63, 3.8) is 0 Å². The zero-order chi connectivity index (χ0) is 15.6. The molecule has 1 amide bonds. The van der Waals surface area contributed by atoms with Gasteiger partial charge in [-0.05, 0) is 31.5 Å². The van der Waals surface area contributed by atoms with Gasteiger partial charge in [0.05, 0.1) is 10.6 Å². The largest absolute Gasteiger partial charge is 0.388 e. The second-order valence-corrected chi connectivity index (χ2v) is 6.75. The first-order valence-corrected chi connectivity index (χ1v) is 7.91. The standard InChI is InChI=1S/C15H17ClFNO2S/c1-3-6-15(2,20)8-18-14(19)13-12(16)10-5-4-9(17)7-11(10)21-13/h4-5,7,20H,3,6,8H2,1-2H3,(H,18,19). The molecule has 0 aliphatic heterocycles. The van der Waals surface area contributed by atoms with Gasteiger partial charge in [0.15, 0.2) is 0 Å². The first-order chi connectivity index (χ1) is 9.84. The fourth-order valence-corrected chi connectivity index (χ4v) is 3.62. The number of carbonyl (C=O) groups is 1. The molecule has 1 aromatic carbocycles. The number of hydrogen-bond donors (Lipinski definition) is 2. The highest BCUT2D eigenvalue weighted by Crippen LogP contribution is 2.35. The molecule has 0 aliphatic carbocycles. The normalized spacial score (nSPS) is 14.1. The number of halogens is 2. The molecule has 0 spiro atoms. The summed E-state index contributed by atoms with van der Waals surface area (Å²) in [5.41, 5.74) is -0.945. The van der Waals surface area contributed by atoms with Crippen LogP contribution in [0.5, 0.6) is 0 Å². The van der Waals surface area contributed by atoms with Crippen molar-refractivity contribution in [1.82, 2.24) is 5.32 Å². The van der Waals surface area contributed by atoms with Crippen LogP contribution >= 0.6 is 22.9 Å². The maximum Gasteiger partial charge on any atom is 0.263 e. The van der Waals surface area contributed by atoms with Crippen LogP contribution in [0.3, 0.4) is 0 Å². The summed E-state index contributed by atoms with van der Waals surface area (Å²) >= 11 is 7.32. The quantitative estimate of drug-likeness (QED) is 0.871. The molecule has 1 atom stereocenters. The molecule has 0 bridgehead atoms. The minimum atomic E-state index is -0.945. The Morgan fingerprint density at radius 3 is 2.90 bits per heavy atom. The lowest BCUT2D eigenvalue weighted by atomic mass is 10.0. The number of amides is 1. The number of hydrogen-bond acceptors (Lipinski definition) is 3. The Balaban J connectivity index is 2.18. The molecule has 1 heterocycles. The lowest BCUT2D eigenvalue weighted by molar-refractivity contribution is 0.0470. The van der Waals surface area contributed by atoms with Gasteiger partial charge in [-0.15, -0.1) is 11.3 Å². The smallest absolute Gasteiger partial charge is 0.263 e. The molecule has 1 aromatic heterocycles. The predicted molar refractivity (Wildman–Crippen MR) is 84.7 cm³/mol. The minimum absolute atomic E-state index is 0.151. The summed E-state index contributed by atoms with van der Waals surface area (Å²) in [5.74, 6) is -0.712. The summed E-state index contributed by atoms with van der Waals surface area (Å²) in [6.07, 6.45) is 1.42. The van der Waals surface area contributed by atoms with E-state index in [9.17, 15) is 14.3 Å². The van der Waals surface area contributed by atoms with Gasteiger partial charge in [0, 0.05) is 16.6 Å². The number of benzene rings is 1. The molecule has 21 heavy (non-hydrogen) atoms. The van der Waals surface area contributed by atoms with Crippen molar-refractivity contribution in [2.24, 2.45) is 0 Å². The van der Waals surface area contributed by atoms with Gasteiger partial charge in [0.1, 0.15) is 10.7 Å². The zero-order valence-corrected chi connectivity index (χ0v) is 13.4. The van der Waals surface area contributed by atoms with E-state index in [4.69, 9.17) is 11.6 Å². The van der Waals surface area contributed by atoms with Crippen molar-refractivity contribution < 1.29 is 14.3 Å². The average Bonchev–Trinajstić information content (AvgIpc) is 2.73. The first-order valence-electron chi connectivity index (χ1n) is 6.72. The van der Waals surface area contributed by atoms with Crippen molar-refractivity contribution in [3.8, 4) is 0 Å². The summed E-state index contributed by atoms with van der Waals surface area (Å²) < 4.78 is 13.8. The van der Waals surface area contributed by atoms with Crippen molar-refractivity contribution in [2.45, 2.75) is 32.3 Å². The van der Waals surface area contributed by atoms with Crippen LogP contribution in [0.1, 0.15) is 36.4 Å². The number of carbonyl (C=O) groups excluding carboxylic acids is 1. The van der Waals surface area contributed by atoms with Crippen molar-refractivity contribution in [2.75, 3.05) is 6.54 Å². The molecule has 0 saturated carbocycles. The van der Waals surface area contributed by atoms with E-state index in [0.29, 0.717) is 26.4 Å². The van der Waals surface area contributed by atoms with Crippen LogP contribution in [-0.2, 0) is 0 Å². The molecule has 6 heteroatoms. The number of rotatable bonds is 5. The highest BCUT2D eigenvalue weighted by atomic mass is 35.5. The molecule has 2 rings (SSSR count). The first kappa shape index (κ1) is 16.2. The van der Waals surface area contributed by atoms with E-state index in [1.807, 2.05) is 6.92 Å². The highest BCUT2D eigenvalue weighted by Gasteiger charge is 2.22. The molecular formula is C15H17ClFNO2S. The Morgan fingerprint density at radius 2 is 2.24 bits per heavy atom. The molecule has 0 aliphatic rings. The third-order valence-corrected chi connectivity index (χ3v) is 4.87. The van der Waals surface area contributed by atoms with Gasteiger partial charge < -0.3 is 10.4 Å². The van der Waals surface area contributed by atoms with Crippen LogP contribution in [0.25, 0.3) is 10.1 Å². The van der Waals surface area contributed by atoms with Gasteiger partial charge in [-0.1, -0.05) is 24.9 Å². The number of aliphatic hydroxyl groups is 1. The van der Waals surface area contributed by atoms with E-state index >= 15 is 0 Å². The average molecular weight is 330 g/mol. The van der Waals surface area contributed by atoms with E-state index in [0.717, 1.165) is 17.8 Å². The van der Waals surface area contributed by atoms with Crippen molar-refractivity contribution in [3.05, 3.63) is 33.9 Å². The van der Waals surface area contributed by atoms with E-state index in [1.165, 1.54) is 12.1 Å². The second-order valence-electron chi connectivity index (χ2n) is 5.32. The van der Waals surface area contributed by atoms with Crippen LogP contribution in [0, 0.1) is 5.82 Å². The van der Waals surface area contributed by atoms with Gasteiger partial charge in [0.25, 0.3) is 5.91 Å². The SMILES string of the molecule is CCCC(C)(O)CNC(=O)c1sc2cc(F)ccc2c1Cl. The van der Waals surface area contributed by atoms with Gasteiger partial charge in [-0.25, -0.2) is 4.39 Å². The van der Waals surface area contributed by atoms with E-state index in [-0.39, 0.29) is 18.3 Å². The molecule has 3 nitrogen and oxygen atoms in total. The Morgan fingerprint density at radius 1 is 1.52 bits per heavy atom. The minimum Gasteiger partial charge on any atom is -0.388 e. The third-order valence-electron chi connectivity index (χ3n) is 3.22. The maximum absolute atomic E-state index is 13.2. The Labute approximate surface area is 131 Å². The van der Waals surface area contributed by atoms with Gasteiger partial charge in [-0.2, -0.15) is 0 Å². The summed E-state index contributed by atoms with van der Waals surface area (Å²) in [6.45, 7) is 3.80. The number of thiophene rings is 1. The number of fused-ring (bicyclic) bond motifs is 1. The molecule has 1 unspecified atom stereocenters. The summed E-state index contributed by atoms with van der Waals surface area (Å²) in [6, 6.07) is 4.23. The molecule has 0 fully saturated rings. The van der Waals surface area contributed by atoms with Crippen LogP contribution in [0.2, 0.25) is 5.02 Å². The monoisotopic (exact) mass is 329 g/mol. The molecule has 0 radical (unpaired) electrons. The van der Waals surface area contributed by atoms with Gasteiger partial charge in [0.2, 0.25) is 0 Å². The lowest BCUT2D eigenvalue weighted by Gasteiger charge is -2.22. The van der Waals surface area contributed by atoms with Gasteiger partial charge in [-0.3, -0.25) is 4.79 Å². The van der Waals surface area contributed by atoms with Crippen LogP contribution < -0.4 is 5.32 Å². The Bertz CT molecular complexity index is 669. The molecular weight excluding hydrogens is 313 g/mol. The third kappa shape index (κ3) is 3.73. The lowest BCUT2D eigenvalue weighted by Crippen LogP contribution is -2.40. The molecule has 0 saturated heterocycles. The summed E-state index contributed by atoms with van der Waals surface area (Å²) in [4.78, 5) is 12.5. The van der Waals surface area contributed by atoms with E-state index in [2.05, 4.69) is 5.32 Å². The van der Waals surface area contributed by atoms with Crippen LogP contribution in [0.15, 0.2) is 18.2 Å². The van der Waals surface area contributed by atoms with Crippen LogP contribution in [-0.4, -0.2) is 23.2 Å². The number of nitrogens with one attached hydrogen (secondary N) is 1. The van der Waals surface area contributed by atoms with Crippen molar-refractivity contribution in [1.29, 1.82) is 0 Å². The Hall–Kier alpha value is -1.17. The fraction of sp³-hybridized carbons (Fsp3) is 0.400. The topological polar surface area (TPSA) is 49.3 Å². The van der Waals surface area contributed by atoms with E-state index in [1.54, 1.807) is 13.0 Å². The molecule has 2 aromatic rings. The maximum atomic E-state index is 13.2. The van der Waals surface area contributed by atoms with Gasteiger partial charge >= 0.3 is 0 Å². The predicted octanol–water partition coefficient (Wildman–Crippen LogP) is 3.97. The Kier molecular flexibility index (Phi) is 4.86. The summed E-state index contributed by atoms with van der Waals surface area (Å²) in [5, 5.41) is 13.7. The van der Waals surface area contributed by atoms with Crippen LogP contribution in [0.4, 0.5) is 4.39 Å². The second kappa shape index (κ2) is 6.30. The molecule has 2 N–H and O–H groups in total. The molecule has 114 valence electrons. The fourth-order valence-electron chi connectivity index (χ4n) is 2.16. The summed E-state index contributed by atoms with van der Waals surface area (Å²) in [7, 11) is 0. The van der Waals surface area contributed by atoms with Crippen molar-refractivity contribution >= 4 is 38.9 Å². The zero-order valence-electron chi connectivity index (χ0n) is 11.9. The highest BCUT2D eigenvalue weighted by molar-refractivity contribution is 7.21. The van der Waals surface area contributed by atoms with E-state index < -0.39 is 5.60 Å².